The summed E-state index contributed by atoms with van der Waals surface area (Å²) in [5.74, 6) is -2.32. The van der Waals surface area contributed by atoms with Gasteiger partial charge in [-0.3, -0.25) is 0 Å². The summed E-state index contributed by atoms with van der Waals surface area (Å²) >= 11 is 0. The van der Waals surface area contributed by atoms with E-state index in [-0.39, 0.29) is 16.9 Å². The van der Waals surface area contributed by atoms with Gasteiger partial charge < -0.3 is 4.74 Å². The molecule has 0 atom stereocenters. The Bertz CT molecular complexity index is 890. The average molecular weight is 344 g/mol. The second-order valence-corrected chi connectivity index (χ2v) is 4.90. The average Bonchev–Trinajstić information content (AvgIpc) is 2.91. The minimum absolute atomic E-state index is 0.0973. The molecular weight excluding hydrogens is 335 g/mol. The van der Waals surface area contributed by atoms with Gasteiger partial charge in [0.2, 0.25) is 5.82 Å². The van der Waals surface area contributed by atoms with E-state index in [0.29, 0.717) is 6.92 Å². The fourth-order valence-electron chi connectivity index (χ4n) is 2.03. The number of benzene rings is 1. The molecule has 0 unspecified atom stereocenters. The van der Waals surface area contributed by atoms with Gasteiger partial charge in [-0.2, -0.15) is 18.4 Å². The van der Waals surface area contributed by atoms with Crippen molar-refractivity contribution in [2.75, 3.05) is 0 Å². The van der Waals surface area contributed by atoms with Crippen LogP contribution in [-0.4, -0.2) is 25.9 Å². The van der Waals surface area contributed by atoms with Crippen molar-refractivity contribution in [3.63, 3.8) is 0 Å². The maximum atomic E-state index is 13.9. The van der Waals surface area contributed by atoms with Crippen molar-refractivity contribution in [2.45, 2.75) is 19.5 Å². The highest BCUT2D eigenvalue weighted by Crippen LogP contribution is 2.28. The number of nitrogens with zero attached hydrogens (tertiary/aromatic N) is 4. The number of fused-ring (bicyclic) bond motifs is 1. The summed E-state index contributed by atoms with van der Waals surface area (Å²) in [6.07, 6.45) is -6.42. The number of hydrogen-bond donors (Lipinski definition) is 0. The number of hydrogen-bond acceptors (Lipinski definition) is 4. The van der Waals surface area contributed by atoms with Gasteiger partial charge in [0, 0.05) is 12.5 Å². The number of ether oxygens (including phenoxy) is 1. The van der Waals surface area contributed by atoms with Crippen molar-refractivity contribution in [2.24, 2.45) is 0 Å². The van der Waals surface area contributed by atoms with Crippen LogP contribution in [0.25, 0.3) is 16.9 Å². The van der Waals surface area contributed by atoms with Crippen molar-refractivity contribution >= 4 is 5.65 Å². The topological polar surface area (TPSA) is 52.3 Å². The lowest BCUT2D eigenvalue weighted by molar-refractivity contribution is -0.160. The van der Waals surface area contributed by atoms with Gasteiger partial charge in [-0.1, -0.05) is 0 Å². The molecule has 0 spiro atoms. The highest BCUT2D eigenvalue weighted by atomic mass is 19.3. The van der Waals surface area contributed by atoms with Gasteiger partial charge >= 0.3 is 6.11 Å². The van der Waals surface area contributed by atoms with E-state index in [1.807, 2.05) is 0 Å². The van der Waals surface area contributed by atoms with Gasteiger partial charge in [-0.25, -0.2) is 13.2 Å². The molecule has 2 aromatic heterocycles. The molecule has 10 heteroatoms. The zero-order valence-corrected chi connectivity index (χ0v) is 12.1. The lowest BCUT2D eigenvalue weighted by Crippen LogP contribution is -2.19. The third-order valence-electron chi connectivity index (χ3n) is 3.00. The number of halogens is 5. The van der Waals surface area contributed by atoms with E-state index >= 15 is 0 Å². The maximum absolute atomic E-state index is 13.9. The summed E-state index contributed by atoms with van der Waals surface area (Å²) in [6, 6.07) is 6.01. The van der Waals surface area contributed by atoms with Crippen LogP contribution in [0.1, 0.15) is 19.2 Å². The zero-order chi connectivity index (χ0) is 17.5. The molecule has 0 amide bonds. The molecule has 0 saturated heterocycles. The van der Waals surface area contributed by atoms with E-state index in [2.05, 4.69) is 20.0 Å². The molecule has 3 rings (SSSR count). The molecule has 0 radical (unpaired) electrons. The molecular formula is C14H9F5N4O. The number of aromatic nitrogens is 4. The Morgan fingerprint density at radius 3 is 2.50 bits per heavy atom. The fraction of sp³-hybridized carbons (Fsp3) is 0.214. The predicted molar refractivity (Wildman–Crippen MR) is 72.4 cm³/mol. The van der Waals surface area contributed by atoms with Crippen LogP contribution in [-0.2, 0) is 0 Å². The summed E-state index contributed by atoms with van der Waals surface area (Å²) in [6.45, 7) is 0.480. The quantitative estimate of drug-likeness (QED) is 0.675. The van der Waals surface area contributed by atoms with Gasteiger partial charge in [-0.15, -0.1) is 10.2 Å². The monoisotopic (exact) mass is 344 g/mol. The highest BCUT2D eigenvalue weighted by molar-refractivity contribution is 5.61. The predicted octanol–water partition coefficient (Wildman–Crippen LogP) is 3.86. The van der Waals surface area contributed by atoms with Gasteiger partial charge in [0.05, 0.1) is 5.69 Å². The Kier molecular flexibility index (Phi) is 3.82. The van der Waals surface area contributed by atoms with Gasteiger partial charge in [0.25, 0.3) is 6.43 Å². The molecule has 0 bridgehead atoms. The second-order valence-electron chi connectivity index (χ2n) is 4.90. The molecule has 0 N–H and O–H groups in total. The third-order valence-corrected chi connectivity index (χ3v) is 3.00. The van der Waals surface area contributed by atoms with E-state index in [9.17, 15) is 22.0 Å². The van der Waals surface area contributed by atoms with Crippen LogP contribution in [0.2, 0.25) is 0 Å². The largest absolute Gasteiger partial charge is 0.430 e. The standard InChI is InChI=1S/C14H9F5N4O/c1-14(18,19)24-10-4-2-7(6-8(10)15)9-3-5-11-20-21-13(12(16)17)23(11)22-9/h2-6,12H,1H3. The third kappa shape index (κ3) is 3.12. The van der Waals surface area contributed by atoms with E-state index in [1.165, 1.54) is 18.2 Å². The molecule has 0 aliphatic heterocycles. The van der Waals surface area contributed by atoms with Gasteiger partial charge in [0.15, 0.2) is 17.2 Å². The first-order chi connectivity index (χ1) is 11.2. The molecule has 3 aromatic rings. The van der Waals surface area contributed by atoms with E-state index in [0.717, 1.165) is 16.6 Å². The summed E-state index contributed by atoms with van der Waals surface area (Å²) < 4.78 is 70.1. The minimum Gasteiger partial charge on any atom is -0.430 e. The Hall–Kier alpha value is -2.78. The van der Waals surface area contributed by atoms with Crippen LogP contribution < -0.4 is 4.74 Å². The number of alkyl halides is 4. The SMILES string of the molecule is CC(F)(F)Oc1ccc(-c2ccc3nnc(C(F)F)n3n2)cc1F. The molecule has 126 valence electrons. The van der Waals surface area contributed by atoms with Gasteiger partial charge in [-0.05, 0) is 30.3 Å². The lowest BCUT2D eigenvalue weighted by Gasteiger charge is -2.14. The molecule has 0 fully saturated rings. The number of rotatable bonds is 4. The molecule has 0 saturated carbocycles. The lowest BCUT2D eigenvalue weighted by atomic mass is 10.1. The van der Waals surface area contributed by atoms with Crippen LogP contribution in [0, 0.1) is 5.82 Å². The second kappa shape index (κ2) is 5.69. The maximum Gasteiger partial charge on any atom is 0.395 e. The first kappa shape index (κ1) is 16.1. The summed E-state index contributed by atoms with van der Waals surface area (Å²) in [5, 5.41) is 10.8. The first-order valence-electron chi connectivity index (χ1n) is 6.62. The Labute approximate surface area is 131 Å². The Balaban J connectivity index is 2.01. The highest BCUT2D eigenvalue weighted by Gasteiger charge is 2.25. The molecule has 0 aliphatic carbocycles. The summed E-state index contributed by atoms with van der Waals surface area (Å²) in [4.78, 5) is 0. The van der Waals surface area contributed by atoms with Crippen molar-refractivity contribution in [1.29, 1.82) is 0 Å². The van der Waals surface area contributed by atoms with Crippen molar-refractivity contribution in [3.05, 3.63) is 42.0 Å². The van der Waals surface area contributed by atoms with Crippen LogP contribution in [0.15, 0.2) is 30.3 Å². The zero-order valence-electron chi connectivity index (χ0n) is 12.1. The van der Waals surface area contributed by atoms with E-state index in [1.54, 1.807) is 0 Å². The summed E-state index contributed by atoms with van der Waals surface area (Å²) in [5.41, 5.74) is 0.424. The fourth-order valence-corrected chi connectivity index (χ4v) is 2.03. The first-order valence-corrected chi connectivity index (χ1v) is 6.62. The van der Waals surface area contributed by atoms with E-state index < -0.39 is 29.9 Å². The van der Waals surface area contributed by atoms with Crippen molar-refractivity contribution < 1.29 is 26.7 Å². The smallest absolute Gasteiger partial charge is 0.395 e. The van der Waals surface area contributed by atoms with Crippen molar-refractivity contribution in [3.8, 4) is 17.0 Å². The molecule has 24 heavy (non-hydrogen) atoms. The molecule has 1 aromatic carbocycles. The molecule has 2 heterocycles. The van der Waals surface area contributed by atoms with E-state index in [4.69, 9.17) is 0 Å². The summed E-state index contributed by atoms with van der Waals surface area (Å²) in [7, 11) is 0. The Morgan fingerprint density at radius 2 is 1.88 bits per heavy atom. The van der Waals surface area contributed by atoms with Crippen molar-refractivity contribution in [1.82, 2.24) is 19.8 Å². The van der Waals surface area contributed by atoms with Gasteiger partial charge in [0.1, 0.15) is 0 Å². The van der Waals surface area contributed by atoms with Crippen LogP contribution >= 0.6 is 0 Å². The minimum atomic E-state index is -3.53. The van der Waals surface area contributed by atoms with Crippen LogP contribution in [0.4, 0.5) is 22.0 Å². The van der Waals surface area contributed by atoms with Crippen LogP contribution in [0.3, 0.4) is 0 Å². The Morgan fingerprint density at radius 1 is 1.12 bits per heavy atom. The molecule has 5 nitrogen and oxygen atoms in total. The molecule has 0 aliphatic rings. The normalized spacial score (nSPS) is 12.1. The van der Waals surface area contributed by atoms with Crippen LogP contribution in [0.5, 0.6) is 5.75 Å².